The van der Waals surface area contributed by atoms with Crippen LogP contribution in [0.1, 0.15) is 0 Å². The summed E-state index contributed by atoms with van der Waals surface area (Å²) in [6.45, 7) is -1.69. The third-order valence-electron chi connectivity index (χ3n) is 1.66. The van der Waals surface area contributed by atoms with Gasteiger partial charge in [0.15, 0.2) is 0 Å². The fourth-order valence-electron chi connectivity index (χ4n) is 0.857. The molecule has 1 aliphatic heterocycles. The normalized spacial score (nSPS) is 22.0. The van der Waals surface area contributed by atoms with Gasteiger partial charge in [-0.05, 0) is 0 Å². The van der Waals surface area contributed by atoms with E-state index in [1.165, 1.54) is 0 Å². The van der Waals surface area contributed by atoms with Crippen LogP contribution in [0.15, 0.2) is 0 Å². The van der Waals surface area contributed by atoms with E-state index in [4.69, 9.17) is 5.11 Å². The number of halogens is 3. The van der Waals surface area contributed by atoms with Gasteiger partial charge >= 0.3 is 6.18 Å². The van der Waals surface area contributed by atoms with Gasteiger partial charge in [-0.15, -0.1) is 0 Å². The van der Waals surface area contributed by atoms with E-state index in [1.54, 1.807) is 0 Å². The SMILES string of the molecule is OCCOC1(C(F)(F)F)COC1. The predicted molar refractivity (Wildman–Crippen MR) is 32.6 cm³/mol. The highest BCUT2D eigenvalue weighted by Gasteiger charge is 2.61. The highest BCUT2D eigenvalue weighted by molar-refractivity contribution is 4.94. The molecule has 1 aliphatic rings. The standard InChI is InChI=1S/C6H9F3O3/c7-6(8,9)5(3-11-4-5)12-2-1-10/h10H,1-4H2. The van der Waals surface area contributed by atoms with Crippen molar-refractivity contribution in [1.82, 2.24) is 0 Å². The third-order valence-corrected chi connectivity index (χ3v) is 1.66. The zero-order valence-corrected chi connectivity index (χ0v) is 6.23. The minimum absolute atomic E-state index is 0.317. The van der Waals surface area contributed by atoms with E-state index < -0.39 is 31.6 Å². The van der Waals surface area contributed by atoms with Crippen molar-refractivity contribution < 1.29 is 27.8 Å². The second-order valence-electron chi connectivity index (χ2n) is 2.56. The summed E-state index contributed by atoms with van der Waals surface area (Å²) in [5.74, 6) is 0. The summed E-state index contributed by atoms with van der Waals surface area (Å²) in [5, 5.41) is 8.28. The molecule has 0 aromatic rings. The van der Waals surface area contributed by atoms with Crippen LogP contribution in [0, 0.1) is 0 Å². The molecule has 0 bridgehead atoms. The Morgan fingerprint density at radius 2 is 2.00 bits per heavy atom. The molecule has 12 heavy (non-hydrogen) atoms. The molecule has 0 radical (unpaired) electrons. The topological polar surface area (TPSA) is 38.7 Å². The van der Waals surface area contributed by atoms with E-state index >= 15 is 0 Å². The van der Waals surface area contributed by atoms with E-state index in [1.807, 2.05) is 0 Å². The van der Waals surface area contributed by atoms with Gasteiger partial charge in [0, 0.05) is 0 Å². The highest BCUT2D eigenvalue weighted by atomic mass is 19.4. The quantitative estimate of drug-likeness (QED) is 0.690. The van der Waals surface area contributed by atoms with Gasteiger partial charge in [-0.25, -0.2) is 0 Å². The zero-order chi connectivity index (χ0) is 9.24. The number of aliphatic hydroxyl groups excluding tert-OH is 1. The summed E-state index contributed by atoms with van der Waals surface area (Å²) in [7, 11) is 0. The zero-order valence-electron chi connectivity index (χ0n) is 6.23. The molecule has 0 aromatic heterocycles. The highest BCUT2D eigenvalue weighted by Crippen LogP contribution is 2.39. The van der Waals surface area contributed by atoms with Crippen molar-refractivity contribution in [3.8, 4) is 0 Å². The van der Waals surface area contributed by atoms with Crippen molar-refractivity contribution in [2.24, 2.45) is 0 Å². The Bertz CT molecular complexity index is 153. The first kappa shape index (κ1) is 9.76. The molecule has 0 saturated carbocycles. The van der Waals surface area contributed by atoms with Crippen LogP contribution in [0.2, 0.25) is 0 Å². The van der Waals surface area contributed by atoms with E-state index in [-0.39, 0.29) is 6.61 Å². The van der Waals surface area contributed by atoms with Crippen LogP contribution in [0.4, 0.5) is 13.2 Å². The maximum atomic E-state index is 12.2. The first-order valence-electron chi connectivity index (χ1n) is 3.41. The molecule has 1 N–H and O–H groups in total. The molecule has 1 rings (SSSR count). The van der Waals surface area contributed by atoms with Crippen LogP contribution < -0.4 is 0 Å². The van der Waals surface area contributed by atoms with Gasteiger partial charge in [0.1, 0.15) is 0 Å². The fourth-order valence-corrected chi connectivity index (χ4v) is 0.857. The Hall–Kier alpha value is -0.330. The first-order valence-corrected chi connectivity index (χ1v) is 3.41. The van der Waals surface area contributed by atoms with Crippen molar-refractivity contribution in [1.29, 1.82) is 0 Å². The molecular formula is C6H9F3O3. The molecule has 0 atom stereocenters. The fraction of sp³-hybridized carbons (Fsp3) is 1.00. The van der Waals surface area contributed by atoms with Gasteiger partial charge in [-0.2, -0.15) is 13.2 Å². The smallest absolute Gasteiger partial charge is 0.394 e. The molecule has 0 amide bonds. The summed E-state index contributed by atoms with van der Waals surface area (Å²) in [4.78, 5) is 0. The monoisotopic (exact) mass is 186 g/mol. The Morgan fingerprint density at radius 3 is 2.25 bits per heavy atom. The predicted octanol–water partition coefficient (Wildman–Crippen LogP) is 0.327. The molecule has 1 fully saturated rings. The average Bonchev–Trinajstić information content (AvgIpc) is 1.82. The average molecular weight is 186 g/mol. The Morgan fingerprint density at radius 1 is 1.42 bits per heavy atom. The number of hydrogen-bond acceptors (Lipinski definition) is 3. The molecular weight excluding hydrogens is 177 g/mol. The molecule has 0 aromatic carbocycles. The van der Waals surface area contributed by atoms with Gasteiger partial charge in [0.2, 0.25) is 5.60 Å². The van der Waals surface area contributed by atoms with Crippen LogP contribution in [0.25, 0.3) is 0 Å². The van der Waals surface area contributed by atoms with Crippen LogP contribution in [0.3, 0.4) is 0 Å². The Labute approximate surface area is 67.1 Å². The van der Waals surface area contributed by atoms with Crippen molar-refractivity contribution in [3.05, 3.63) is 0 Å². The van der Waals surface area contributed by atoms with E-state index in [0.717, 1.165) is 0 Å². The van der Waals surface area contributed by atoms with Gasteiger partial charge in [0.05, 0.1) is 26.4 Å². The van der Waals surface area contributed by atoms with E-state index in [2.05, 4.69) is 9.47 Å². The van der Waals surface area contributed by atoms with E-state index in [9.17, 15) is 13.2 Å². The lowest BCUT2D eigenvalue weighted by molar-refractivity contribution is -0.350. The van der Waals surface area contributed by atoms with Gasteiger partial charge in [-0.1, -0.05) is 0 Å². The molecule has 72 valence electrons. The van der Waals surface area contributed by atoms with E-state index in [0.29, 0.717) is 0 Å². The molecule has 1 heterocycles. The summed E-state index contributed by atoms with van der Waals surface area (Å²) in [6.07, 6.45) is -4.42. The minimum Gasteiger partial charge on any atom is -0.394 e. The largest absolute Gasteiger partial charge is 0.422 e. The summed E-state index contributed by atoms with van der Waals surface area (Å²) >= 11 is 0. The lowest BCUT2D eigenvalue weighted by Crippen LogP contribution is -2.62. The number of alkyl halides is 3. The number of aliphatic hydroxyl groups is 1. The molecule has 1 saturated heterocycles. The Balaban J connectivity index is 2.51. The number of rotatable bonds is 3. The lowest BCUT2D eigenvalue weighted by Gasteiger charge is -2.41. The van der Waals surface area contributed by atoms with Crippen molar-refractivity contribution in [2.75, 3.05) is 26.4 Å². The lowest BCUT2D eigenvalue weighted by atomic mass is 10.0. The van der Waals surface area contributed by atoms with Crippen LogP contribution in [-0.4, -0.2) is 43.3 Å². The van der Waals surface area contributed by atoms with Crippen LogP contribution in [-0.2, 0) is 9.47 Å². The van der Waals surface area contributed by atoms with Crippen molar-refractivity contribution in [3.63, 3.8) is 0 Å². The maximum Gasteiger partial charge on any atom is 0.422 e. The molecule has 0 aliphatic carbocycles. The number of hydrogen-bond donors (Lipinski definition) is 1. The second-order valence-corrected chi connectivity index (χ2v) is 2.56. The minimum atomic E-state index is -4.42. The van der Waals surface area contributed by atoms with Crippen molar-refractivity contribution >= 4 is 0 Å². The van der Waals surface area contributed by atoms with Crippen LogP contribution in [0.5, 0.6) is 0 Å². The number of ether oxygens (including phenoxy) is 2. The summed E-state index contributed by atoms with van der Waals surface area (Å²) < 4.78 is 45.5. The van der Waals surface area contributed by atoms with Gasteiger partial charge in [0.25, 0.3) is 0 Å². The molecule has 6 heteroatoms. The maximum absolute atomic E-state index is 12.2. The van der Waals surface area contributed by atoms with Crippen LogP contribution >= 0.6 is 0 Å². The Kier molecular flexibility index (Phi) is 2.60. The molecule has 0 spiro atoms. The van der Waals surface area contributed by atoms with Gasteiger partial charge < -0.3 is 14.6 Å². The third kappa shape index (κ3) is 1.55. The second kappa shape index (κ2) is 3.20. The van der Waals surface area contributed by atoms with Gasteiger partial charge in [-0.3, -0.25) is 0 Å². The molecule has 0 unspecified atom stereocenters. The summed E-state index contributed by atoms with van der Waals surface area (Å²) in [6, 6.07) is 0. The summed E-state index contributed by atoms with van der Waals surface area (Å²) in [5.41, 5.74) is -2.17. The first-order chi connectivity index (χ1) is 5.52. The molecule has 3 nitrogen and oxygen atoms in total. The van der Waals surface area contributed by atoms with Crippen molar-refractivity contribution in [2.45, 2.75) is 11.8 Å².